The highest BCUT2D eigenvalue weighted by atomic mass is 127. The average molecular weight is 253 g/mol. The molecule has 0 aromatic rings. The van der Waals surface area contributed by atoms with Gasteiger partial charge in [0.2, 0.25) is 0 Å². The van der Waals surface area contributed by atoms with Crippen molar-refractivity contribution in [1.82, 2.24) is 0 Å². The molecule has 2 heteroatoms. The lowest BCUT2D eigenvalue weighted by molar-refractivity contribution is -0.837. The van der Waals surface area contributed by atoms with Crippen LogP contribution in [0.5, 0.6) is 0 Å². The van der Waals surface area contributed by atoms with E-state index in [0.717, 1.165) is 0 Å². The molecule has 0 amide bonds. The van der Waals surface area contributed by atoms with Crippen molar-refractivity contribution in [3.63, 3.8) is 0 Å². The van der Waals surface area contributed by atoms with E-state index in [1.165, 1.54) is 12.2 Å². The molecule has 0 aliphatic carbocycles. The van der Waals surface area contributed by atoms with Gasteiger partial charge in [-0.25, -0.2) is 0 Å². The zero-order valence-corrected chi connectivity index (χ0v) is 9.32. The number of hydrogen-bond acceptors (Lipinski definition) is 0. The molecular weight excluding hydrogens is 237 g/mol. The first-order valence-corrected chi connectivity index (χ1v) is 3.53. The number of hydrogen-bond donors (Lipinski definition) is 1. The van der Waals surface area contributed by atoms with E-state index < -0.39 is 0 Å². The summed E-state index contributed by atoms with van der Waals surface area (Å²) in [6.07, 6.45) is 2.36. The lowest BCUT2D eigenvalue weighted by atomic mass is 9.96. The Hall–Kier alpha value is 0.430. The highest BCUT2D eigenvalue weighted by molar-refractivity contribution is 5.02. The van der Waals surface area contributed by atoms with Crippen LogP contribution in [0.4, 0.5) is 0 Å². The van der Waals surface area contributed by atoms with Crippen LogP contribution < -0.4 is 28.9 Å². The van der Waals surface area contributed by atoms with Crippen LogP contribution in [-0.4, -0.2) is 13.6 Å². The van der Waals surface area contributed by atoms with Gasteiger partial charge in [-0.2, -0.15) is 0 Å². The van der Waals surface area contributed by atoms with Crippen molar-refractivity contribution in [2.45, 2.75) is 20.8 Å². The number of rotatable bonds is 0. The maximum atomic E-state index is 2.36. The summed E-state index contributed by atoms with van der Waals surface area (Å²) >= 11 is 0. The summed E-state index contributed by atoms with van der Waals surface area (Å²) in [7, 11) is 2.22. The Morgan fingerprint density at radius 2 is 2.00 bits per heavy atom. The molecule has 0 aromatic heterocycles. The molecule has 0 saturated carbocycles. The fraction of sp³-hybridized carbons (Fsp3) is 0.750. The highest BCUT2D eigenvalue weighted by Crippen LogP contribution is 2.18. The van der Waals surface area contributed by atoms with Crippen LogP contribution in [0.1, 0.15) is 20.8 Å². The number of nitrogens with one attached hydrogen (secondary N) is 1. The van der Waals surface area contributed by atoms with Gasteiger partial charge in [-0.3, -0.25) is 0 Å². The normalized spacial score (nSPS) is 29.2. The van der Waals surface area contributed by atoms with E-state index in [-0.39, 0.29) is 24.0 Å². The lowest BCUT2D eigenvalue weighted by Gasteiger charge is -2.13. The zero-order chi connectivity index (χ0) is 7.07. The Bertz CT molecular complexity index is 149. The van der Waals surface area contributed by atoms with E-state index in [1.54, 1.807) is 4.90 Å². The molecule has 60 valence electrons. The van der Waals surface area contributed by atoms with Crippen molar-refractivity contribution in [3.8, 4) is 0 Å². The number of quaternary nitrogens is 1. The van der Waals surface area contributed by atoms with Gasteiger partial charge in [-0.05, 0) is 6.08 Å². The van der Waals surface area contributed by atoms with Crippen LogP contribution in [0.15, 0.2) is 11.8 Å². The SMILES string of the molecule is CC1=CC(C)(C)C[NH+]1C.[I-]. The van der Waals surface area contributed by atoms with Crippen LogP contribution in [0.3, 0.4) is 0 Å². The molecule has 0 radical (unpaired) electrons. The molecule has 0 spiro atoms. The van der Waals surface area contributed by atoms with Gasteiger partial charge in [0.15, 0.2) is 0 Å². The van der Waals surface area contributed by atoms with Gasteiger partial charge in [-0.15, -0.1) is 0 Å². The topological polar surface area (TPSA) is 4.44 Å². The Kier molecular flexibility index (Phi) is 3.36. The largest absolute Gasteiger partial charge is 1.00 e. The minimum atomic E-state index is 0. The van der Waals surface area contributed by atoms with Gasteiger partial charge in [-0.1, -0.05) is 13.8 Å². The summed E-state index contributed by atoms with van der Waals surface area (Å²) in [6.45, 7) is 8.02. The lowest BCUT2D eigenvalue weighted by Crippen LogP contribution is -3.06. The molecule has 1 nitrogen and oxygen atoms in total. The minimum Gasteiger partial charge on any atom is -1.00 e. The predicted octanol–water partition coefficient (Wildman–Crippen LogP) is -2.55. The summed E-state index contributed by atoms with van der Waals surface area (Å²) in [4.78, 5) is 1.56. The summed E-state index contributed by atoms with van der Waals surface area (Å²) in [5.41, 5.74) is 1.92. The molecule has 1 rings (SSSR count). The first kappa shape index (κ1) is 10.4. The third kappa shape index (κ3) is 2.23. The van der Waals surface area contributed by atoms with Crippen molar-refractivity contribution >= 4 is 0 Å². The Labute approximate surface area is 80.5 Å². The van der Waals surface area contributed by atoms with Crippen LogP contribution in [-0.2, 0) is 0 Å². The summed E-state index contributed by atoms with van der Waals surface area (Å²) in [5.74, 6) is 0. The fourth-order valence-electron chi connectivity index (χ4n) is 1.58. The van der Waals surface area contributed by atoms with E-state index >= 15 is 0 Å². The van der Waals surface area contributed by atoms with Crippen LogP contribution in [0, 0.1) is 5.41 Å². The molecule has 0 bridgehead atoms. The minimum absolute atomic E-state index is 0. The van der Waals surface area contributed by atoms with Gasteiger partial charge in [0.05, 0.1) is 13.6 Å². The maximum absolute atomic E-state index is 2.36. The van der Waals surface area contributed by atoms with Crippen LogP contribution in [0.25, 0.3) is 0 Å². The zero-order valence-electron chi connectivity index (χ0n) is 7.16. The summed E-state index contributed by atoms with van der Waals surface area (Å²) in [5, 5.41) is 0. The number of halogens is 1. The second-order valence-corrected chi connectivity index (χ2v) is 3.77. The van der Waals surface area contributed by atoms with Gasteiger partial charge in [0.25, 0.3) is 0 Å². The van der Waals surface area contributed by atoms with Gasteiger partial charge < -0.3 is 28.9 Å². The molecule has 1 aliphatic heterocycles. The number of allylic oxidation sites excluding steroid dienone is 1. The van der Waals surface area contributed by atoms with Gasteiger partial charge in [0.1, 0.15) is 5.70 Å². The first-order valence-electron chi connectivity index (χ1n) is 3.53. The van der Waals surface area contributed by atoms with E-state index in [1.807, 2.05) is 0 Å². The van der Waals surface area contributed by atoms with Crippen molar-refractivity contribution in [2.75, 3.05) is 13.6 Å². The second-order valence-electron chi connectivity index (χ2n) is 3.77. The maximum Gasteiger partial charge on any atom is 0.101 e. The predicted molar refractivity (Wildman–Crippen MR) is 39.3 cm³/mol. The van der Waals surface area contributed by atoms with Crippen molar-refractivity contribution in [3.05, 3.63) is 11.8 Å². The third-order valence-corrected chi connectivity index (χ3v) is 2.00. The van der Waals surface area contributed by atoms with Crippen LogP contribution >= 0.6 is 0 Å². The van der Waals surface area contributed by atoms with E-state index in [2.05, 4.69) is 33.9 Å². The monoisotopic (exact) mass is 253 g/mol. The fourth-order valence-corrected chi connectivity index (χ4v) is 1.58. The molecule has 1 heterocycles. The van der Waals surface area contributed by atoms with Crippen molar-refractivity contribution in [1.29, 1.82) is 0 Å². The Balaban J connectivity index is 0.000000810. The summed E-state index contributed by atoms with van der Waals surface area (Å²) < 4.78 is 0. The van der Waals surface area contributed by atoms with E-state index in [4.69, 9.17) is 0 Å². The molecule has 10 heavy (non-hydrogen) atoms. The quantitative estimate of drug-likeness (QED) is 0.453. The Morgan fingerprint density at radius 3 is 2.10 bits per heavy atom. The molecule has 1 atom stereocenters. The van der Waals surface area contributed by atoms with Crippen molar-refractivity contribution in [2.24, 2.45) is 5.41 Å². The molecular formula is C8H16IN. The first-order chi connectivity index (χ1) is 4.01. The second kappa shape index (κ2) is 3.22. The molecule has 1 unspecified atom stereocenters. The Morgan fingerprint density at radius 1 is 1.50 bits per heavy atom. The van der Waals surface area contributed by atoms with Gasteiger partial charge >= 0.3 is 0 Å². The highest BCUT2D eigenvalue weighted by Gasteiger charge is 2.28. The molecule has 0 saturated heterocycles. The average Bonchev–Trinajstić information content (AvgIpc) is 1.79. The van der Waals surface area contributed by atoms with Gasteiger partial charge in [0, 0.05) is 12.3 Å². The molecule has 1 aliphatic rings. The molecule has 0 fully saturated rings. The molecule has 0 aromatic carbocycles. The third-order valence-electron chi connectivity index (χ3n) is 2.00. The van der Waals surface area contributed by atoms with Crippen LogP contribution in [0.2, 0.25) is 0 Å². The molecule has 1 N–H and O–H groups in total. The van der Waals surface area contributed by atoms with E-state index in [0.29, 0.717) is 5.41 Å². The summed E-state index contributed by atoms with van der Waals surface area (Å²) in [6, 6.07) is 0. The van der Waals surface area contributed by atoms with Crippen molar-refractivity contribution < 1.29 is 28.9 Å². The smallest absolute Gasteiger partial charge is 0.101 e. The van der Waals surface area contributed by atoms with E-state index in [9.17, 15) is 0 Å². The standard InChI is InChI=1S/C8H15N.HI/c1-7-5-8(2,3)6-9(7)4;/h5H,6H2,1-4H3;1H.